The molecule has 17 heavy (non-hydrogen) atoms. The number of hydrogen-bond donors (Lipinski definition) is 1. The van der Waals surface area contributed by atoms with Crippen molar-refractivity contribution >= 4 is 23.0 Å². The smallest absolute Gasteiger partial charge is 0.0419 e. The van der Waals surface area contributed by atoms with Crippen molar-refractivity contribution in [2.24, 2.45) is 0 Å². The third-order valence-electron chi connectivity index (χ3n) is 2.71. The van der Waals surface area contributed by atoms with Gasteiger partial charge in [-0.15, -0.1) is 0 Å². The molecule has 2 rings (SSSR count). The van der Waals surface area contributed by atoms with Crippen LogP contribution in [0.15, 0.2) is 48.5 Å². The second kappa shape index (κ2) is 5.24. The van der Waals surface area contributed by atoms with Crippen molar-refractivity contribution in [1.82, 2.24) is 0 Å². The van der Waals surface area contributed by atoms with Gasteiger partial charge in [-0.3, -0.25) is 0 Å². The standard InChI is InChI=1S/C15H16ClN/c1-11(2)14-5-3-4-6-15(14)17-13-9-7-12(16)8-10-13/h3-11,17H,1-2H3. The van der Waals surface area contributed by atoms with E-state index in [0.717, 1.165) is 16.4 Å². The molecule has 2 heteroatoms. The Kier molecular flexibility index (Phi) is 3.70. The number of halogens is 1. The molecule has 2 aromatic rings. The summed E-state index contributed by atoms with van der Waals surface area (Å²) in [7, 11) is 0. The van der Waals surface area contributed by atoms with Crippen LogP contribution in [0.5, 0.6) is 0 Å². The Morgan fingerprint density at radius 3 is 2.24 bits per heavy atom. The minimum absolute atomic E-state index is 0.506. The van der Waals surface area contributed by atoms with Gasteiger partial charge >= 0.3 is 0 Å². The predicted octanol–water partition coefficient (Wildman–Crippen LogP) is 5.21. The van der Waals surface area contributed by atoms with Crippen molar-refractivity contribution < 1.29 is 0 Å². The van der Waals surface area contributed by atoms with E-state index in [1.807, 2.05) is 30.3 Å². The zero-order valence-electron chi connectivity index (χ0n) is 10.1. The molecule has 0 bridgehead atoms. The van der Waals surface area contributed by atoms with Gasteiger partial charge in [0, 0.05) is 16.4 Å². The summed E-state index contributed by atoms with van der Waals surface area (Å²) in [4.78, 5) is 0. The van der Waals surface area contributed by atoms with E-state index in [1.54, 1.807) is 0 Å². The van der Waals surface area contributed by atoms with E-state index >= 15 is 0 Å². The highest BCUT2D eigenvalue weighted by Crippen LogP contribution is 2.27. The first-order valence-electron chi connectivity index (χ1n) is 5.78. The minimum Gasteiger partial charge on any atom is -0.355 e. The molecule has 0 spiro atoms. The topological polar surface area (TPSA) is 12.0 Å². The summed E-state index contributed by atoms with van der Waals surface area (Å²) in [5.74, 6) is 0.506. The molecule has 0 amide bonds. The molecule has 0 fully saturated rings. The van der Waals surface area contributed by atoms with Crippen LogP contribution in [0, 0.1) is 0 Å². The Labute approximate surface area is 107 Å². The third kappa shape index (κ3) is 3.01. The molecule has 0 aliphatic rings. The molecule has 88 valence electrons. The van der Waals surface area contributed by atoms with Gasteiger partial charge in [0.25, 0.3) is 0 Å². The first kappa shape index (κ1) is 12.0. The van der Waals surface area contributed by atoms with Crippen molar-refractivity contribution in [1.29, 1.82) is 0 Å². The molecule has 0 saturated carbocycles. The summed E-state index contributed by atoms with van der Waals surface area (Å²) >= 11 is 5.87. The maximum Gasteiger partial charge on any atom is 0.0419 e. The first-order valence-corrected chi connectivity index (χ1v) is 6.16. The van der Waals surface area contributed by atoms with Gasteiger partial charge in [-0.25, -0.2) is 0 Å². The van der Waals surface area contributed by atoms with E-state index in [9.17, 15) is 0 Å². The zero-order chi connectivity index (χ0) is 12.3. The normalized spacial score (nSPS) is 10.6. The molecular weight excluding hydrogens is 230 g/mol. The number of rotatable bonds is 3. The molecule has 0 unspecified atom stereocenters. The van der Waals surface area contributed by atoms with E-state index in [0.29, 0.717) is 5.92 Å². The number of benzene rings is 2. The lowest BCUT2D eigenvalue weighted by Gasteiger charge is -2.14. The van der Waals surface area contributed by atoms with Gasteiger partial charge in [0.05, 0.1) is 0 Å². The van der Waals surface area contributed by atoms with E-state index < -0.39 is 0 Å². The van der Waals surface area contributed by atoms with Gasteiger partial charge in [-0.05, 0) is 41.8 Å². The molecule has 1 N–H and O–H groups in total. The van der Waals surface area contributed by atoms with Crippen LogP contribution in [0.25, 0.3) is 0 Å². The largest absolute Gasteiger partial charge is 0.355 e. The van der Waals surface area contributed by atoms with Crippen LogP contribution in [-0.2, 0) is 0 Å². The van der Waals surface area contributed by atoms with Crippen molar-refractivity contribution in [3.63, 3.8) is 0 Å². The molecule has 1 nitrogen and oxygen atoms in total. The highest BCUT2D eigenvalue weighted by atomic mass is 35.5. The minimum atomic E-state index is 0.506. The molecule has 0 atom stereocenters. The number of para-hydroxylation sites is 1. The summed E-state index contributed by atoms with van der Waals surface area (Å²) in [5.41, 5.74) is 3.54. The van der Waals surface area contributed by atoms with Crippen LogP contribution < -0.4 is 5.32 Å². The Morgan fingerprint density at radius 1 is 0.941 bits per heavy atom. The Hall–Kier alpha value is -1.47. The fraction of sp³-hybridized carbons (Fsp3) is 0.200. The van der Waals surface area contributed by atoms with Crippen LogP contribution in [0.4, 0.5) is 11.4 Å². The van der Waals surface area contributed by atoms with Crippen LogP contribution in [-0.4, -0.2) is 0 Å². The lowest BCUT2D eigenvalue weighted by molar-refractivity contribution is 0.869. The van der Waals surface area contributed by atoms with E-state index in [4.69, 9.17) is 11.6 Å². The molecule has 0 aliphatic carbocycles. The summed E-state index contributed by atoms with van der Waals surface area (Å²) in [6.07, 6.45) is 0. The van der Waals surface area contributed by atoms with E-state index in [-0.39, 0.29) is 0 Å². The Balaban J connectivity index is 2.26. The molecule has 0 radical (unpaired) electrons. The van der Waals surface area contributed by atoms with Crippen LogP contribution >= 0.6 is 11.6 Å². The molecule has 2 aromatic carbocycles. The first-order chi connectivity index (χ1) is 8.16. The highest BCUT2D eigenvalue weighted by Gasteiger charge is 2.05. The van der Waals surface area contributed by atoms with Crippen LogP contribution in [0.3, 0.4) is 0 Å². The van der Waals surface area contributed by atoms with E-state index in [2.05, 4.69) is 37.4 Å². The molecular formula is C15H16ClN. The number of anilines is 2. The molecule has 0 aromatic heterocycles. The van der Waals surface area contributed by atoms with Gasteiger partial charge < -0.3 is 5.32 Å². The summed E-state index contributed by atoms with van der Waals surface area (Å²) in [6.45, 7) is 4.39. The zero-order valence-corrected chi connectivity index (χ0v) is 10.8. The van der Waals surface area contributed by atoms with Gasteiger partial charge in [-0.2, -0.15) is 0 Å². The average molecular weight is 246 g/mol. The fourth-order valence-corrected chi connectivity index (χ4v) is 1.93. The van der Waals surface area contributed by atoms with Crippen molar-refractivity contribution in [2.45, 2.75) is 19.8 Å². The molecule has 0 heterocycles. The number of hydrogen-bond acceptors (Lipinski definition) is 1. The SMILES string of the molecule is CC(C)c1ccccc1Nc1ccc(Cl)cc1. The molecule has 0 aliphatic heterocycles. The third-order valence-corrected chi connectivity index (χ3v) is 2.96. The quantitative estimate of drug-likeness (QED) is 0.783. The highest BCUT2D eigenvalue weighted by molar-refractivity contribution is 6.30. The molecule has 0 saturated heterocycles. The summed E-state index contributed by atoms with van der Waals surface area (Å²) in [5, 5.41) is 4.18. The lowest BCUT2D eigenvalue weighted by Crippen LogP contribution is -1.97. The Morgan fingerprint density at radius 2 is 1.59 bits per heavy atom. The maximum atomic E-state index is 5.87. The van der Waals surface area contributed by atoms with Crippen molar-refractivity contribution in [3.05, 3.63) is 59.1 Å². The average Bonchev–Trinajstić information content (AvgIpc) is 2.32. The fourth-order valence-electron chi connectivity index (χ4n) is 1.80. The van der Waals surface area contributed by atoms with Gasteiger partial charge in [0.1, 0.15) is 0 Å². The van der Waals surface area contributed by atoms with Gasteiger partial charge in [0.15, 0.2) is 0 Å². The van der Waals surface area contributed by atoms with Gasteiger partial charge in [0.2, 0.25) is 0 Å². The summed E-state index contributed by atoms with van der Waals surface area (Å²) in [6, 6.07) is 16.1. The predicted molar refractivity (Wildman–Crippen MR) is 75.3 cm³/mol. The maximum absolute atomic E-state index is 5.87. The van der Waals surface area contributed by atoms with E-state index in [1.165, 1.54) is 5.56 Å². The van der Waals surface area contributed by atoms with Crippen LogP contribution in [0.2, 0.25) is 5.02 Å². The second-order valence-electron chi connectivity index (χ2n) is 4.37. The Bertz CT molecular complexity index is 489. The second-order valence-corrected chi connectivity index (χ2v) is 4.81. The van der Waals surface area contributed by atoms with Crippen LogP contribution in [0.1, 0.15) is 25.3 Å². The summed E-state index contributed by atoms with van der Waals surface area (Å²) < 4.78 is 0. The van der Waals surface area contributed by atoms with Gasteiger partial charge in [-0.1, -0.05) is 43.6 Å². The monoisotopic (exact) mass is 245 g/mol. The van der Waals surface area contributed by atoms with Crippen molar-refractivity contribution in [2.75, 3.05) is 5.32 Å². The lowest BCUT2D eigenvalue weighted by atomic mass is 10.0. The van der Waals surface area contributed by atoms with Crippen molar-refractivity contribution in [3.8, 4) is 0 Å². The number of nitrogens with one attached hydrogen (secondary N) is 1.